The highest BCUT2D eigenvalue weighted by molar-refractivity contribution is 5.78. The molecule has 1 unspecified atom stereocenters. The summed E-state index contributed by atoms with van der Waals surface area (Å²) in [5, 5.41) is 9.26. The number of urea groups is 1. The Morgan fingerprint density at radius 2 is 2.05 bits per heavy atom. The molecule has 0 aromatic heterocycles. The van der Waals surface area contributed by atoms with Gasteiger partial charge in [0.05, 0.1) is 5.41 Å². The molecule has 1 heterocycles. The summed E-state index contributed by atoms with van der Waals surface area (Å²) in [6.45, 7) is 5.59. The highest BCUT2D eigenvalue weighted by atomic mass is 16.4. The normalized spacial score (nSPS) is 23.2. The van der Waals surface area contributed by atoms with E-state index in [2.05, 4.69) is 6.92 Å². The quantitative estimate of drug-likeness (QED) is 0.780. The first-order chi connectivity index (χ1) is 8.90. The summed E-state index contributed by atoms with van der Waals surface area (Å²) in [5.41, 5.74) is -0.793. The Bertz CT molecular complexity index is 333. The first-order valence-corrected chi connectivity index (χ1v) is 7.14. The molecule has 1 aliphatic rings. The Morgan fingerprint density at radius 1 is 1.37 bits per heavy atom. The monoisotopic (exact) mass is 270 g/mol. The topological polar surface area (TPSA) is 60.9 Å². The summed E-state index contributed by atoms with van der Waals surface area (Å²) in [6, 6.07) is -0.0386. The van der Waals surface area contributed by atoms with Gasteiger partial charge in [-0.15, -0.1) is 0 Å². The molecular formula is C14H26N2O3. The number of carboxylic acid groups (broad SMARTS) is 1. The molecule has 1 atom stereocenters. The zero-order valence-electron chi connectivity index (χ0n) is 12.3. The Balaban J connectivity index is 2.54. The lowest BCUT2D eigenvalue weighted by molar-refractivity contribution is -0.150. The van der Waals surface area contributed by atoms with Crippen LogP contribution in [0.3, 0.4) is 0 Å². The van der Waals surface area contributed by atoms with Crippen LogP contribution >= 0.6 is 0 Å². The number of carbonyl (C=O) groups is 2. The number of rotatable bonds is 5. The molecule has 5 nitrogen and oxygen atoms in total. The van der Waals surface area contributed by atoms with Crippen molar-refractivity contribution in [1.29, 1.82) is 0 Å². The molecule has 0 bridgehead atoms. The van der Waals surface area contributed by atoms with Crippen LogP contribution in [-0.2, 0) is 4.79 Å². The van der Waals surface area contributed by atoms with Gasteiger partial charge in [-0.25, -0.2) is 4.79 Å². The minimum atomic E-state index is -0.807. The van der Waals surface area contributed by atoms with Crippen LogP contribution in [0.4, 0.5) is 4.79 Å². The lowest BCUT2D eigenvalue weighted by Crippen LogP contribution is -2.51. The van der Waals surface area contributed by atoms with Crippen LogP contribution in [0.5, 0.6) is 0 Å². The van der Waals surface area contributed by atoms with Gasteiger partial charge in [0.1, 0.15) is 0 Å². The second-order valence-electron chi connectivity index (χ2n) is 5.80. The van der Waals surface area contributed by atoms with Gasteiger partial charge in [-0.2, -0.15) is 0 Å². The lowest BCUT2D eigenvalue weighted by atomic mass is 9.82. The van der Waals surface area contributed by atoms with E-state index in [4.69, 9.17) is 0 Å². The zero-order chi connectivity index (χ0) is 14.5. The van der Waals surface area contributed by atoms with Gasteiger partial charge in [-0.1, -0.05) is 19.8 Å². The van der Waals surface area contributed by atoms with Crippen LogP contribution in [0.2, 0.25) is 0 Å². The Hall–Kier alpha value is -1.26. The van der Waals surface area contributed by atoms with Gasteiger partial charge in [0.2, 0.25) is 0 Å². The van der Waals surface area contributed by atoms with Crippen molar-refractivity contribution in [3.8, 4) is 0 Å². The first kappa shape index (κ1) is 15.8. The summed E-state index contributed by atoms with van der Waals surface area (Å²) >= 11 is 0. The average Bonchev–Trinajstić information content (AvgIpc) is 2.38. The predicted molar refractivity (Wildman–Crippen MR) is 74.1 cm³/mol. The summed E-state index contributed by atoms with van der Waals surface area (Å²) in [6.07, 6.45) is 4.65. The Labute approximate surface area is 115 Å². The van der Waals surface area contributed by atoms with Crippen LogP contribution in [0, 0.1) is 5.41 Å². The second-order valence-corrected chi connectivity index (χ2v) is 5.80. The van der Waals surface area contributed by atoms with Gasteiger partial charge in [0, 0.05) is 26.7 Å². The van der Waals surface area contributed by atoms with Crippen LogP contribution in [0.15, 0.2) is 0 Å². The molecule has 1 saturated heterocycles. The fourth-order valence-electron chi connectivity index (χ4n) is 2.51. The third-order valence-corrected chi connectivity index (χ3v) is 3.91. The van der Waals surface area contributed by atoms with Gasteiger partial charge < -0.3 is 14.9 Å². The van der Waals surface area contributed by atoms with Crippen molar-refractivity contribution < 1.29 is 14.7 Å². The molecule has 0 radical (unpaired) electrons. The fraction of sp³-hybridized carbons (Fsp3) is 0.857. The van der Waals surface area contributed by atoms with Gasteiger partial charge in [0.25, 0.3) is 0 Å². The number of hydrogen-bond donors (Lipinski definition) is 1. The van der Waals surface area contributed by atoms with Gasteiger partial charge in [0.15, 0.2) is 0 Å². The smallest absolute Gasteiger partial charge is 0.319 e. The first-order valence-electron chi connectivity index (χ1n) is 7.14. The lowest BCUT2D eigenvalue weighted by Gasteiger charge is -2.39. The number of carboxylic acids is 1. The van der Waals surface area contributed by atoms with Gasteiger partial charge in [-0.05, 0) is 26.2 Å². The van der Waals surface area contributed by atoms with Crippen molar-refractivity contribution in [3.63, 3.8) is 0 Å². The summed E-state index contributed by atoms with van der Waals surface area (Å²) in [5.74, 6) is -0.807. The molecule has 0 aliphatic carbocycles. The SMILES string of the molecule is CCCCCN(C)C(=O)N1CCCC(C)(C(=O)O)C1. The van der Waals surface area contributed by atoms with E-state index >= 15 is 0 Å². The molecule has 0 aromatic carbocycles. The van der Waals surface area contributed by atoms with Crippen LogP contribution < -0.4 is 0 Å². The van der Waals surface area contributed by atoms with Crippen molar-refractivity contribution in [2.45, 2.75) is 46.0 Å². The third kappa shape index (κ3) is 4.11. The minimum absolute atomic E-state index is 0.0386. The van der Waals surface area contributed by atoms with Crippen molar-refractivity contribution in [3.05, 3.63) is 0 Å². The largest absolute Gasteiger partial charge is 0.481 e. The molecule has 1 aliphatic heterocycles. The van der Waals surface area contributed by atoms with E-state index in [9.17, 15) is 14.7 Å². The van der Waals surface area contributed by atoms with Crippen LogP contribution in [0.1, 0.15) is 46.0 Å². The Morgan fingerprint density at radius 3 is 2.63 bits per heavy atom. The standard InChI is InChI=1S/C14H26N2O3/c1-4-5-6-9-15(3)13(19)16-10-7-8-14(2,11-16)12(17)18/h4-11H2,1-3H3,(H,17,18). The molecule has 0 saturated carbocycles. The van der Waals surface area contributed by atoms with Gasteiger partial charge >= 0.3 is 12.0 Å². The van der Waals surface area contributed by atoms with E-state index in [1.54, 1.807) is 23.8 Å². The predicted octanol–water partition coefficient (Wildman–Crippen LogP) is 2.42. The van der Waals surface area contributed by atoms with E-state index in [-0.39, 0.29) is 6.03 Å². The van der Waals surface area contributed by atoms with Crippen LogP contribution in [-0.4, -0.2) is 53.6 Å². The number of carbonyl (C=O) groups excluding carboxylic acids is 1. The molecule has 1 fully saturated rings. The van der Waals surface area contributed by atoms with Crippen LogP contribution in [0.25, 0.3) is 0 Å². The van der Waals surface area contributed by atoms with Crippen molar-refractivity contribution in [1.82, 2.24) is 9.80 Å². The van der Waals surface area contributed by atoms with E-state index in [0.717, 1.165) is 32.2 Å². The minimum Gasteiger partial charge on any atom is -0.481 e. The highest BCUT2D eigenvalue weighted by Crippen LogP contribution is 2.30. The molecular weight excluding hydrogens is 244 g/mol. The summed E-state index contributed by atoms with van der Waals surface area (Å²) in [7, 11) is 1.80. The van der Waals surface area contributed by atoms with Crippen molar-refractivity contribution in [2.75, 3.05) is 26.7 Å². The zero-order valence-corrected chi connectivity index (χ0v) is 12.3. The molecule has 5 heteroatoms. The number of aliphatic carboxylic acids is 1. The highest BCUT2D eigenvalue weighted by Gasteiger charge is 2.39. The van der Waals surface area contributed by atoms with Crippen molar-refractivity contribution >= 4 is 12.0 Å². The third-order valence-electron chi connectivity index (χ3n) is 3.91. The molecule has 0 aromatic rings. The number of piperidine rings is 1. The molecule has 19 heavy (non-hydrogen) atoms. The molecule has 2 amide bonds. The second kappa shape index (κ2) is 6.78. The number of unbranched alkanes of at least 4 members (excludes halogenated alkanes) is 2. The summed E-state index contributed by atoms with van der Waals surface area (Å²) < 4.78 is 0. The van der Waals surface area contributed by atoms with Crippen molar-refractivity contribution in [2.24, 2.45) is 5.41 Å². The van der Waals surface area contributed by atoms with E-state index in [1.165, 1.54) is 0 Å². The fourth-order valence-corrected chi connectivity index (χ4v) is 2.51. The van der Waals surface area contributed by atoms with Gasteiger partial charge in [-0.3, -0.25) is 4.79 Å². The molecule has 0 spiro atoms. The maximum Gasteiger partial charge on any atom is 0.319 e. The maximum absolute atomic E-state index is 12.3. The average molecular weight is 270 g/mol. The number of amides is 2. The van der Waals surface area contributed by atoms with E-state index in [0.29, 0.717) is 19.5 Å². The maximum atomic E-state index is 12.3. The molecule has 110 valence electrons. The van der Waals surface area contributed by atoms with E-state index in [1.807, 2.05) is 0 Å². The molecule has 1 N–H and O–H groups in total. The number of hydrogen-bond acceptors (Lipinski definition) is 2. The Kier molecular flexibility index (Phi) is 5.63. The number of nitrogens with zero attached hydrogens (tertiary/aromatic N) is 2. The summed E-state index contributed by atoms with van der Waals surface area (Å²) in [4.78, 5) is 26.9. The number of likely N-dealkylation sites (tertiary alicyclic amines) is 1. The molecule has 1 rings (SSSR count). The van der Waals surface area contributed by atoms with E-state index < -0.39 is 11.4 Å².